The third-order valence-corrected chi connectivity index (χ3v) is 6.44. The fourth-order valence-corrected chi connectivity index (χ4v) is 4.45. The Bertz CT molecular complexity index is 1080. The van der Waals surface area contributed by atoms with Crippen LogP contribution < -0.4 is 4.74 Å². The second-order valence-corrected chi connectivity index (χ2v) is 9.69. The van der Waals surface area contributed by atoms with Crippen LogP contribution in [0.25, 0.3) is 6.08 Å². The van der Waals surface area contributed by atoms with Crippen LogP contribution in [-0.4, -0.2) is 40.4 Å². The first-order valence-corrected chi connectivity index (χ1v) is 11.6. The van der Waals surface area contributed by atoms with Gasteiger partial charge in [-0.1, -0.05) is 72.0 Å². The van der Waals surface area contributed by atoms with Crippen molar-refractivity contribution in [1.82, 2.24) is 4.90 Å². The van der Waals surface area contributed by atoms with Gasteiger partial charge in [-0.2, -0.15) is 8.42 Å². The van der Waals surface area contributed by atoms with E-state index in [0.717, 1.165) is 22.2 Å². The van der Waals surface area contributed by atoms with Crippen LogP contribution in [0.3, 0.4) is 0 Å². The maximum Gasteiger partial charge on any atom is 0.266 e. The number of thiocarbonyl (C=S) groups is 1. The highest BCUT2D eigenvalue weighted by Crippen LogP contribution is 2.34. The van der Waals surface area contributed by atoms with E-state index in [2.05, 4.69) is 0 Å². The molecule has 1 N–H and O–H groups in total. The first-order valence-electron chi connectivity index (χ1n) is 8.40. The number of carbonyl (C=O) groups excluding carboxylic acids is 1. The molecule has 1 fully saturated rings. The first kappa shape index (κ1) is 21.8. The third-order valence-electron chi connectivity index (χ3n) is 3.99. The van der Waals surface area contributed by atoms with E-state index in [1.807, 2.05) is 30.3 Å². The summed E-state index contributed by atoms with van der Waals surface area (Å²) < 4.78 is 36.9. The largest absolute Gasteiger partial charge is 0.488 e. The number of carbonyl (C=O) groups is 1. The normalized spacial score (nSPS) is 15.9. The van der Waals surface area contributed by atoms with Crippen LogP contribution in [0.15, 0.2) is 53.4 Å². The number of thioether (sulfide) groups is 1. The van der Waals surface area contributed by atoms with Gasteiger partial charge in [-0.15, -0.1) is 0 Å². The summed E-state index contributed by atoms with van der Waals surface area (Å²) >= 11 is 12.4. The molecule has 0 atom stereocenters. The van der Waals surface area contributed by atoms with Gasteiger partial charge in [0.15, 0.2) is 0 Å². The molecule has 1 aliphatic rings. The Morgan fingerprint density at radius 1 is 1.17 bits per heavy atom. The third kappa shape index (κ3) is 5.80. The highest BCUT2D eigenvalue weighted by atomic mass is 35.5. The van der Waals surface area contributed by atoms with Crippen molar-refractivity contribution in [2.45, 2.75) is 6.61 Å². The maximum atomic E-state index is 12.6. The van der Waals surface area contributed by atoms with Gasteiger partial charge in [0.1, 0.15) is 16.7 Å². The van der Waals surface area contributed by atoms with E-state index in [4.69, 9.17) is 33.1 Å². The van der Waals surface area contributed by atoms with Crippen molar-refractivity contribution in [2.24, 2.45) is 0 Å². The lowest BCUT2D eigenvalue weighted by atomic mass is 10.1. The van der Waals surface area contributed by atoms with E-state index in [0.29, 0.717) is 21.2 Å². The predicted octanol–water partition coefficient (Wildman–Crippen LogP) is 4.01. The van der Waals surface area contributed by atoms with Crippen LogP contribution in [0.2, 0.25) is 5.02 Å². The molecule has 0 spiro atoms. The first-order chi connectivity index (χ1) is 13.7. The van der Waals surface area contributed by atoms with E-state index in [1.54, 1.807) is 24.3 Å². The number of hydrogen-bond acceptors (Lipinski definition) is 6. The van der Waals surface area contributed by atoms with E-state index in [1.165, 1.54) is 0 Å². The van der Waals surface area contributed by atoms with Crippen molar-refractivity contribution < 1.29 is 22.5 Å². The van der Waals surface area contributed by atoms with Gasteiger partial charge in [0.25, 0.3) is 16.0 Å². The van der Waals surface area contributed by atoms with Crippen LogP contribution >= 0.6 is 35.6 Å². The monoisotopic (exact) mass is 469 g/mol. The molecule has 1 aliphatic heterocycles. The number of hydrogen-bond donors (Lipinski definition) is 1. The Hall–Kier alpha value is -1.91. The van der Waals surface area contributed by atoms with Gasteiger partial charge in [-0.25, -0.2) is 0 Å². The molecule has 3 rings (SSSR count). The number of nitrogens with zero attached hydrogens (tertiary/aromatic N) is 1. The summed E-state index contributed by atoms with van der Waals surface area (Å²) in [6, 6.07) is 14.6. The summed E-state index contributed by atoms with van der Waals surface area (Å²) in [6.45, 7) is 0.0609. The summed E-state index contributed by atoms with van der Waals surface area (Å²) in [7, 11) is -4.19. The SMILES string of the molecule is O=C1C(=Cc2ccccc2OCc2ccccc2Cl)SC(=S)N1CCS(=O)(=O)O. The fourth-order valence-electron chi connectivity index (χ4n) is 2.54. The molecule has 6 nitrogen and oxygen atoms in total. The molecule has 2 aromatic carbocycles. The highest BCUT2D eigenvalue weighted by Gasteiger charge is 2.32. The Labute approximate surface area is 183 Å². The van der Waals surface area contributed by atoms with Crippen molar-refractivity contribution in [2.75, 3.05) is 12.3 Å². The predicted molar refractivity (Wildman–Crippen MR) is 119 cm³/mol. The quantitative estimate of drug-likeness (QED) is 0.372. The molecule has 0 aromatic heterocycles. The van der Waals surface area contributed by atoms with Crippen LogP contribution in [0.5, 0.6) is 5.75 Å². The van der Waals surface area contributed by atoms with Crippen LogP contribution in [0.1, 0.15) is 11.1 Å². The van der Waals surface area contributed by atoms with E-state index < -0.39 is 21.8 Å². The summed E-state index contributed by atoms with van der Waals surface area (Å²) in [4.78, 5) is 14.1. The van der Waals surface area contributed by atoms with E-state index in [-0.39, 0.29) is 17.5 Å². The zero-order valence-electron chi connectivity index (χ0n) is 14.9. The average molecular weight is 470 g/mol. The number of para-hydroxylation sites is 1. The van der Waals surface area contributed by atoms with E-state index >= 15 is 0 Å². The van der Waals surface area contributed by atoms with Gasteiger partial charge >= 0.3 is 0 Å². The molecule has 0 bridgehead atoms. The van der Waals surface area contributed by atoms with Crippen LogP contribution in [0.4, 0.5) is 0 Å². The minimum absolute atomic E-state index is 0.203. The minimum Gasteiger partial charge on any atom is -0.488 e. The van der Waals surface area contributed by atoms with Crippen molar-refractivity contribution in [3.63, 3.8) is 0 Å². The number of rotatable bonds is 7. The number of ether oxygens (including phenoxy) is 1. The second kappa shape index (κ2) is 9.27. The summed E-state index contributed by atoms with van der Waals surface area (Å²) in [5.41, 5.74) is 1.51. The molecule has 0 radical (unpaired) electrons. The van der Waals surface area contributed by atoms with Gasteiger partial charge in [0.2, 0.25) is 0 Å². The van der Waals surface area contributed by atoms with Crippen molar-refractivity contribution >= 4 is 62.0 Å². The Morgan fingerprint density at radius 3 is 2.59 bits per heavy atom. The molecule has 29 heavy (non-hydrogen) atoms. The van der Waals surface area contributed by atoms with Crippen LogP contribution in [-0.2, 0) is 21.5 Å². The van der Waals surface area contributed by atoms with Gasteiger partial charge in [0.05, 0.1) is 10.7 Å². The van der Waals surface area contributed by atoms with Gasteiger partial charge < -0.3 is 4.74 Å². The minimum atomic E-state index is -4.19. The number of halogens is 1. The standard InChI is InChI=1S/C19H16ClNO5S3/c20-15-7-3-1-6-14(15)12-26-16-8-4-2-5-13(16)11-17-18(22)21(19(27)28-17)9-10-29(23,24)25/h1-8,11H,9-10,12H2,(H,23,24,25). The summed E-state index contributed by atoms with van der Waals surface area (Å²) in [5, 5.41) is 0.602. The van der Waals surface area contributed by atoms with Gasteiger partial charge in [0, 0.05) is 22.7 Å². The summed E-state index contributed by atoms with van der Waals surface area (Å²) in [5.74, 6) is -0.426. The Kier molecular flexibility index (Phi) is 6.97. The molecular formula is C19H16ClNO5S3. The molecule has 0 unspecified atom stereocenters. The lowest BCUT2D eigenvalue weighted by molar-refractivity contribution is -0.121. The molecule has 1 saturated heterocycles. The summed E-state index contributed by atoms with van der Waals surface area (Å²) in [6.07, 6.45) is 1.65. The molecular weight excluding hydrogens is 454 g/mol. The van der Waals surface area contributed by atoms with Crippen molar-refractivity contribution in [3.8, 4) is 5.75 Å². The molecule has 1 heterocycles. The Balaban J connectivity index is 1.77. The Morgan fingerprint density at radius 2 is 1.86 bits per heavy atom. The molecule has 152 valence electrons. The van der Waals surface area contributed by atoms with E-state index in [9.17, 15) is 13.2 Å². The van der Waals surface area contributed by atoms with Crippen molar-refractivity contribution in [1.29, 1.82) is 0 Å². The zero-order valence-corrected chi connectivity index (χ0v) is 18.2. The van der Waals surface area contributed by atoms with Gasteiger partial charge in [-0.3, -0.25) is 14.2 Å². The molecule has 1 amide bonds. The molecule has 0 aliphatic carbocycles. The average Bonchev–Trinajstić information content (AvgIpc) is 2.93. The molecule has 2 aromatic rings. The molecule has 0 saturated carbocycles. The maximum absolute atomic E-state index is 12.6. The number of benzene rings is 2. The number of amides is 1. The lowest BCUT2D eigenvalue weighted by Crippen LogP contribution is -2.32. The smallest absolute Gasteiger partial charge is 0.266 e. The fraction of sp³-hybridized carbons (Fsp3) is 0.158. The topological polar surface area (TPSA) is 83.9 Å². The zero-order chi connectivity index (χ0) is 21.0. The lowest BCUT2D eigenvalue weighted by Gasteiger charge is -2.13. The molecule has 10 heteroatoms. The van der Waals surface area contributed by atoms with Crippen molar-refractivity contribution in [3.05, 3.63) is 69.6 Å². The van der Waals surface area contributed by atoms with Crippen LogP contribution in [0, 0.1) is 0 Å². The highest BCUT2D eigenvalue weighted by molar-refractivity contribution is 8.26. The second-order valence-electron chi connectivity index (χ2n) is 6.04. The van der Waals surface area contributed by atoms with Gasteiger partial charge in [-0.05, 0) is 18.2 Å².